The Morgan fingerprint density at radius 2 is 1.66 bits per heavy atom. The van der Waals surface area contributed by atoms with Crippen LogP contribution >= 0.6 is 0 Å². The summed E-state index contributed by atoms with van der Waals surface area (Å²) >= 11 is 0. The van der Waals surface area contributed by atoms with Crippen molar-refractivity contribution in [2.45, 2.75) is 109 Å². The number of rotatable bonds is 13. The van der Waals surface area contributed by atoms with Crippen molar-refractivity contribution in [3.05, 3.63) is 143 Å². The maximum atomic E-state index is 15.7. The Hall–Kier alpha value is -5.62. The molecule has 1 spiro atoms. The third kappa shape index (κ3) is 8.41. The lowest BCUT2D eigenvalue weighted by Crippen LogP contribution is -2.52. The first-order chi connectivity index (χ1) is 30.8. The van der Waals surface area contributed by atoms with E-state index in [0.29, 0.717) is 43.6 Å². The second-order valence-electron chi connectivity index (χ2n) is 18.8. The quantitative estimate of drug-likeness (QED) is 0.106. The van der Waals surface area contributed by atoms with Crippen LogP contribution in [0.15, 0.2) is 125 Å². The monoisotopic (exact) mass is 878 g/mol. The lowest BCUT2D eigenvalue weighted by Gasteiger charge is -2.39. The van der Waals surface area contributed by atoms with Crippen LogP contribution in [0.5, 0.6) is 5.75 Å². The average Bonchev–Trinajstić information content (AvgIpc) is 3.73. The minimum absolute atomic E-state index is 0.0447. The zero-order valence-electron chi connectivity index (χ0n) is 38.3. The smallest absolute Gasteiger partial charge is 0.264 e. The molecule has 5 atom stereocenters. The summed E-state index contributed by atoms with van der Waals surface area (Å²) in [6, 6.07) is 31.6. The molecule has 4 aromatic carbocycles. The van der Waals surface area contributed by atoms with Crippen molar-refractivity contribution in [2.75, 3.05) is 30.2 Å². The van der Waals surface area contributed by atoms with E-state index in [2.05, 4.69) is 71.1 Å². The number of carbonyl (C=O) groups excluding carboxylic acids is 3. The summed E-state index contributed by atoms with van der Waals surface area (Å²) in [6.07, 6.45) is 6.96. The molecule has 4 heterocycles. The predicted octanol–water partition coefficient (Wildman–Crippen LogP) is 8.82. The van der Waals surface area contributed by atoms with Crippen molar-refractivity contribution in [2.24, 2.45) is 11.0 Å². The number of amides is 3. The lowest BCUT2D eigenvalue weighted by atomic mass is 9.82. The molecule has 0 bridgehead atoms. The number of anilines is 2. The molecule has 11 heteroatoms. The van der Waals surface area contributed by atoms with Gasteiger partial charge in [0.05, 0.1) is 57.4 Å². The number of aliphatic hydroxyl groups is 1. The van der Waals surface area contributed by atoms with Crippen LogP contribution < -0.4 is 19.8 Å². The van der Waals surface area contributed by atoms with Crippen LogP contribution in [0.3, 0.4) is 0 Å². The number of aliphatic hydroxyl groups excluding tert-OH is 1. The molecule has 4 aromatic rings. The third-order valence-corrected chi connectivity index (χ3v) is 18.5. The van der Waals surface area contributed by atoms with Crippen molar-refractivity contribution in [3.8, 4) is 5.75 Å². The summed E-state index contributed by atoms with van der Waals surface area (Å²) in [5, 5.41) is 18.2. The molecule has 0 aliphatic carbocycles. The zero-order chi connectivity index (χ0) is 45.3. The Balaban J connectivity index is 1.24. The van der Waals surface area contributed by atoms with Crippen molar-refractivity contribution >= 4 is 48.1 Å². The van der Waals surface area contributed by atoms with E-state index in [4.69, 9.17) is 14.6 Å². The van der Waals surface area contributed by atoms with Crippen LogP contribution in [0, 0.1) is 5.92 Å². The summed E-state index contributed by atoms with van der Waals surface area (Å²) < 4.78 is 13.0. The molecule has 4 aliphatic rings. The molecule has 334 valence electrons. The average molecular weight is 879 g/mol. The lowest BCUT2D eigenvalue weighted by molar-refractivity contribution is -0.150. The van der Waals surface area contributed by atoms with Crippen molar-refractivity contribution in [3.63, 3.8) is 0 Å². The van der Waals surface area contributed by atoms with E-state index in [1.54, 1.807) is 7.11 Å². The van der Waals surface area contributed by atoms with Crippen LogP contribution in [0.1, 0.15) is 82.1 Å². The van der Waals surface area contributed by atoms with Crippen molar-refractivity contribution in [1.82, 2.24) is 4.90 Å². The minimum atomic E-state index is -2.61. The summed E-state index contributed by atoms with van der Waals surface area (Å²) in [7, 11) is -0.958. The van der Waals surface area contributed by atoms with E-state index in [0.717, 1.165) is 51.9 Å². The van der Waals surface area contributed by atoms with Crippen LogP contribution in [0.4, 0.5) is 11.4 Å². The van der Waals surface area contributed by atoms with Gasteiger partial charge < -0.3 is 24.4 Å². The number of nitrogens with zero attached hydrogens (tertiary/aromatic N) is 4. The van der Waals surface area contributed by atoms with Gasteiger partial charge in [-0.3, -0.25) is 14.4 Å². The van der Waals surface area contributed by atoms with Crippen molar-refractivity contribution in [1.29, 1.82) is 0 Å². The number of hydrazone groups is 1. The summed E-state index contributed by atoms with van der Waals surface area (Å²) in [5.41, 5.74) is 6.76. The van der Waals surface area contributed by atoms with Crippen molar-refractivity contribution < 1.29 is 29.0 Å². The molecular weight excluding hydrogens is 817 g/mol. The van der Waals surface area contributed by atoms with Gasteiger partial charge in [0.15, 0.2) is 5.60 Å². The minimum Gasteiger partial charge on any atom is -0.497 e. The van der Waals surface area contributed by atoms with Gasteiger partial charge in [-0.15, -0.1) is 0 Å². The topological polar surface area (TPSA) is 112 Å². The fraction of sp³-hybridized carbons (Fsp3) is 0.396. The van der Waals surface area contributed by atoms with E-state index < -0.39 is 19.8 Å². The SMILES string of the molecule is COc1ccc([Si](C)(C)[C@@H]2[C@@H](CC(=O)N3Cc4ccccc4C[C@H]3CO)O[C@]3(C(=O)N(C/C=C(\C)CCC=C(C)C)c4ccc(N5N=C(c6ccccc6)CCC5=O)cc43)[C@H]2C)cc1. The molecule has 0 radical (unpaired) electrons. The highest BCUT2D eigenvalue weighted by molar-refractivity contribution is 6.91. The van der Waals surface area contributed by atoms with Gasteiger partial charge in [-0.05, 0) is 92.6 Å². The molecule has 10 nitrogen and oxygen atoms in total. The van der Waals surface area contributed by atoms with E-state index in [-0.39, 0.29) is 48.3 Å². The number of hydrogen-bond acceptors (Lipinski definition) is 7. The van der Waals surface area contributed by atoms with E-state index >= 15 is 4.79 Å². The Morgan fingerprint density at radius 3 is 2.36 bits per heavy atom. The Labute approximate surface area is 379 Å². The van der Waals surface area contributed by atoms with E-state index in [9.17, 15) is 14.7 Å². The maximum absolute atomic E-state index is 15.7. The van der Waals surface area contributed by atoms with E-state index in [1.165, 1.54) is 16.2 Å². The number of ether oxygens (including phenoxy) is 2. The van der Waals surface area contributed by atoms with Gasteiger partial charge in [-0.1, -0.05) is 115 Å². The van der Waals surface area contributed by atoms with Gasteiger partial charge in [0.1, 0.15) is 5.75 Å². The third-order valence-electron chi connectivity index (χ3n) is 14.2. The number of methoxy groups -OCH3 is 1. The molecule has 0 unspecified atom stereocenters. The molecule has 0 saturated carbocycles. The molecule has 4 aliphatic heterocycles. The largest absolute Gasteiger partial charge is 0.497 e. The predicted molar refractivity (Wildman–Crippen MR) is 257 cm³/mol. The maximum Gasteiger partial charge on any atom is 0.264 e. The molecule has 3 amide bonds. The van der Waals surface area contributed by atoms with Gasteiger partial charge in [-0.2, -0.15) is 5.10 Å². The fourth-order valence-electron chi connectivity index (χ4n) is 10.7. The second kappa shape index (κ2) is 18.5. The Kier molecular flexibility index (Phi) is 13.0. The molecule has 8 rings (SSSR count). The molecule has 0 aromatic heterocycles. The Bertz CT molecular complexity index is 2500. The highest BCUT2D eigenvalue weighted by Crippen LogP contribution is 2.60. The number of fused-ring (bicyclic) bond motifs is 3. The number of benzene rings is 4. The molecule has 1 saturated heterocycles. The number of hydrogen-bond donors (Lipinski definition) is 1. The Morgan fingerprint density at radius 1 is 0.938 bits per heavy atom. The van der Waals surface area contributed by atoms with Crippen LogP contribution in [-0.4, -0.2) is 73.9 Å². The molecule has 64 heavy (non-hydrogen) atoms. The standard InChI is InChI=1S/C53H62N4O6Si/c1-35(2)14-13-15-36(3)28-29-55-47-26-20-41(57-49(59)27-25-46(54-57)38-16-9-8-10-17-38)31-45(47)53(52(55)61)37(4)51(64(6,7)44-23-21-43(62-5)22-24-44)48(63-53)32-50(60)56-33-40-19-12-11-18-39(40)30-42(56)34-58/h8-12,14,16-24,26,28,31,37,42,48,51,58H,13,15,25,27,29-30,32-34H2,1-7H3/b36-28+/t37-,42-,48+,51-,53+/m0/s1. The first-order valence-electron chi connectivity index (χ1n) is 22.8. The summed E-state index contributed by atoms with van der Waals surface area (Å²) in [4.78, 5) is 47.9. The molecule has 1 fully saturated rings. The zero-order valence-corrected chi connectivity index (χ0v) is 39.3. The number of allylic oxidation sites excluding steroid dienone is 3. The van der Waals surface area contributed by atoms with Crippen LogP contribution in [-0.2, 0) is 37.7 Å². The van der Waals surface area contributed by atoms with Gasteiger partial charge in [-0.25, -0.2) is 5.01 Å². The van der Waals surface area contributed by atoms with Crippen LogP contribution in [0.25, 0.3) is 0 Å². The normalized spacial score (nSPS) is 23.3. The fourth-order valence-corrected chi connectivity index (χ4v) is 14.7. The van der Waals surface area contributed by atoms with Gasteiger partial charge >= 0.3 is 0 Å². The van der Waals surface area contributed by atoms with Gasteiger partial charge in [0, 0.05) is 37.4 Å². The van der Waals surface area contributed by atoms with E-state index in [1.807, 2.05) is 88.7 Å². The summed E-state index contributed by atoms with van der Waals surface area (Å²) in [5.74, 6) is -0.0233. The second-order valence-corrected chi connectivity index (χ2v) is 23.5. The van der Waals surface area contributed by atoms with Gasteiger partial charge in [0.25, 0.3) is 5.91 Å². The van der Waals surface area contributed by atoms with Gasteiger partial charge in [0.2, 0.25) is 11.8 Å². The first kappa shape index (κ1) is 45.0. The molecule has 1 N–H and O–H groups in total. The highest BCUT2D eigenvalue weighted by atomic mass is 28.3. The molecular formula is C53H62N4O6Si. The van der Waals surface area contributed by atoms with Crippen LogP contribution in [0.2, 0.25) is 18.6 Å². The highest BCUT2D eigenvalue weighted by Gasteiger charge is 2.66. The number of carbonyl (C=O) groups is 3. The first-order valence-corrected chi connectivity index (χ1v) is 25.8. The summed E-state index contributed by atoms with van der Waals surface area (Å²) in [6.45, 7) is 13.6.